The van der Waals surface area contributed by atoms with E-state index in [4.69, 9.17) is 9.47 Å². The van der Waals surface area contributed by atoms with Gasteiger partial charge in [0.2, 0.25) is 6.29 Å². The van der Waals surface area contributed by atoms with Gasteiger partial charge in [-0.15, -0.1) is 0 Å². The maximum atomic E-state index is 9.80. The second-order valence-corrected chi connectivity index (χ2v) is 4.17. The highest BCUT2D eigenvalue weighted by Gasteiger charge is 2.40. The first-order valence-electron chi connectivity index (χ1n) is 5.65. The van der Waals surface area contributed by atoms with Gasteiger partial charge < -0.3 is 29.9 Å². The minimum atomic E-state index is -1.53. The number of benzene rings is 1. The number of ether oxygens (including phenoxy) is 2. The molecule has 1 aromatic rings. The normalized spacial score (nSPS) is 37.0. The Hall–Kier alpha value is -1.18. The minimum absolute atomic E-state index is 0.229. The predicted molar refractivity (Wildman–Crippen MR) is 60.8 cm³/mol. The lowest BCUT2D eigenvalue weighted by atomic mass is 10.0. The third kappa shape index (κ3) is 2.80. The Kier molecular flexibility index (Phi) is 4.15. The van der Waals surface area contributed by atoms with Gasteiger partial charge in [0.25, 0.3) is 0 Å². The molecule has 1 aromatic carbocycles. The summed E-state index contributed by atoms with van der Waals surface area (Å²) in [5, 5.41) is 38.3. The summed E-state index contributed by atoms with van der Waals surface area (Å²) in [6.45, 7) is -0.229. The van der Waals surface area contributed by atoms with Crippen LogP contribution in [0.5, 0.6) is 5.75 Å². The summed E-state index contributed by atoms with van der Waals surface area (Å²) in [5.41, 5.74) is 0. The SMILES string of the molecule is O[C@H]1[C@H](O)[C@@H](Oc2ccccc2)OC[C@@H](O)[C@@H]1O. The Balaban J connectivity index is 2.08. The third-order valence-electron chi connectivity index (χ3n) is 2.80. The number of aliphatic hydroxyl groups is 4. The highest BCUT2D eigenvalue weighted by molar-refractivity contribution is 5.21. The summed E-state index contributed by atoms with van der Waals surface area (Å²) in [7, 11) is 0. The van der Waals surface area contributed by atoms with Gasteiger partial charge in [-0.3, -0.25) is 0 Å². The molecule has 6 heteroatoms. The number of hydrogen-bond acceptors (Lipinski definition) is 6. The van der Waals surface area contributed by atoms with E-state index in [0.717, 1.165) is 0 Å². The number of aliphatic hydroxyl groups excluding tert-OH is 4. The molecule has 0 aromatic heterocycles. The molecule has 100 valence electrons. The molecular formula is C12H16O6. The van der Waals surface area contributed by atoms with E-state index in [-0.39, 0.29) is 6.61 Å². The molecule has 0 radical (unpaired) electrons. The van der Waals surface area contributed by atoms with Crippen LogP contribution in [-0.4, -0.2) is 57.7 Å². The first-order chi connectivity index (χ1) is 8.59. The highest BCUT2D eigenvalue weighted by atomic mass is 16.7. The number of rotatable bonds is 2. The van der Waals surface area contributed by atoms with Crippen LogP contribution in [0.1, 0.15) is 0 Å². The first-order valence-corrected chi connectivity index (χ1v) is 5.65. The molecule has 1 aliphatic heterocycles. The van der Waals surface area contributed by atoms with E-state index < -0.39 is 30.7 Å². The van der Waals surface area contributed by atoms with Crippen molar-refractivity contribution in [3.05, 3.63) is 30.3 Å². The Bertz CT molecular complexity index is 370. The molecule has 2 rings (SSSR count). The van der Waals surface area contributed by atoms with Crippen molar-refractivity contribution in [2.24, 2.45) is 0 Å². The van der Waals surface area contributed by atoms with Gasteiger partial charge in [0.05, 0.1) is 6.61 Å². The molecular weight excluding hydrogens is 240 g/mol. The van der Waals surface area contributed by atoms with Gasteiger partial charge >= 0.3 is 0 Å². The van der Waals surface area contributed by atoms with E-state index in [1.807, 2.05) is 0 Å². The quantitative estimate of drug-likeness (QED) is 0.534. The van der Waals surface area contributed by atoms with E-state index in [1.54, 1.807) is 30.3 Å². The second kappa shape index (κ2) is 5.64. The molecule has 0 saturated carbocycles. The molecule has 0 aliphatic carbocycles. The number of hydrogen-bond donors (Lipinski definition) is 4. The van der Waals surface area contributed by atoms with E-state index in [9.17, 15) is 20.4 Å². The van der Waals surface area contributed by atoms with Crippen LogP contribution >= 0.6 is 0 Å². The summed E-state index contributed by atoms with van der Waals surface area (Å²) in [6.07, 6.45) is -6.86. The lowest BCUT2D eigenvalue weighted by molar-refractivity contribution is -0.167. The summed E-state index contributed by atoms with van der Waals surface area (Å²) in [6, 6.07) is 8.64. The van der Waals surface area contributed by atoms with Gasteiger partial charge in [-0.25, -0.2) is 0 Å². The van der Waals surface area contributed by atoms with Crippen LogP contribution in [0.15, 0.2) is 30.3 Å². The lowest BCUT2D eigenvalue weighted by Crippen LogP contribution is -2.47. The molecule has 1 saturated heterocycles. The zero-order chi connectivity index (χ0) is 13.1. The Morgan fingerprint density at radius 2 is 1.61 bits per heavy atom. The van der Waals surface area contributed by atoms with Crippen molar-refractivity contribution in [3.63, 3.8) is 0 Å². The number of para-hydroxylation sites is 1. The molecule has 18 heavy (non-hydrogen) atoms. The first kappa shape index (κ1) is 13.3. The molecule has 5 atom stereocenters. The second-order valence-electron chi connectivity index (χ2n) is 4.17. The zero-order valence-corrected chi connectivity index (χ0v) is 9.59. The van der Waals surface area contributed by atoms with Crippen molar-refractivity contribution in [1.29, 1.82) is 0 Å². The Labute approximate surface area is 104 Å². The minimum Gasteiger partial charge on any atom is -0.462 e. The van der Waals surface area contributed by atoms with Gasteiger partial charge in [0, 0.05) is 0 Å². The van der Waals surface area contributed by atoms with Crippen LogP contribution in [0.3, 0.4) is 0 Å². The highest BCUT2D eigenvalue weighted by Crippen LogP contribution is 2.20. The summed E-state index contributed by atoms with van der Waals surface area (Å²) in [5.74, 6) is 0.458. The molecule has 0 bridgehead atoms. The van der Waals surface area contributed by atoms with Crippen molar-refractivity contribution in [1.82, 2.24) is 0 Å². The van der Waals surface area contributed by atoms with Crippen LogP contribution in [0.2, 0.25) is 0 Å². The smallest absolute Gasteiger partial charge is 0.228 e. The van der Waals surface area contributed by atoms with Crippen molar-refractivity contribution >= 4 is 0 Å². The van der Waals surface area contributed by atoms with E-state index in [0.29, 0.717) is 5.75 Å². The van der Waals surface area contributed by atoms with Gasteiger partial charge in [-0.05, 0) is 12.1 Å². The Morgan fingerprint density at radius 1 is 0.944 bits per heavy atom. The maximum Gasteiger partial charge on any atom is 0.228 e. The third-order valence-corrected chi connectivity index (χ3v) is 2.80. The predicted octanol–water partition coefficient (Wildman–Crippen LogP) is -1.13. The van der Waals surface area contributed by atoms with Crippen molar-refractivity contribution in [3.8, 4) is 5.75 Å². The van der Waals surface area contributed by atoms with Gasteiger partial charge in [-0.1, -0.05) is 18.2 Å². The van der Waals surface area contributed by atoms with Crippen molar-refractivity contribution in [2.75, 3.05) is 6.61 Å². The van der Waals surface area contributed by atoms with Crippen LogP contribution in [0, 0.1) is 0 Å². The van der Waals surface area contributed by atoms with Crippen molar-refractivity contribution < 1.29 is 29.9 Å². The fraction of sp³-hybridized carbons (Fsp3) is 0.500. The zero-order valence-electron chi connectivity index (χ0n) is 9.59. The van der Waals surface area contributed by atoms with E-state index in [2.05, 4.69) is 0 Å². The molecule has 1 fully saturated rings. The summed E-state index contributed by atoms with van der Waals surface area (Å²) >= 11 is 0. The molecule has 0 amide bonds. The Morgan fingerprint density at radius 3 is 2.28 bits per heavy atom. The maximum absolute atomic E-state index is 9.80. The molecule has 0 unspecified atom stereocenters. The van der Waals surface area contributed by atoms with E-state index in [1.165, 1.54) is 0 Å². The topological polar surface area (TPSA) is 99.4 Å². The van der Waals surface area contributed by atoms with Crippen LogP contribution in [0.25, 0.3) is 0 Å². The molecule has 1 aliphatic rings. The molecule has 0 spiro atoms. The average molecular weight is 256 g/mol. The largest absolute Gasteiger partial charge is 0.462 e. The fourth-order valence-electron chi connectivity index (χ4n) is 1.72. The lowest BCUT2D eigenvalue weighted by Gasteiger charge is -2.25. The molecule has 1 heterocycles. The van der Waals surface area contributed by atoms with Crippen LogP contribution in [-0.2, 0) is 4.74 Å². The van der Waals surface area contributed by atoms with Crippen LogP contribution < -0.4 is 4.74 Å². The monoisotopic (exact) mass is 256 g/mol. The van der Waals surface area contributed by atoms with E-state index >= 15 is 0 Å². The van der Waals surface area contributed by atoms with Gasteiger partial charge in [-0.2, -0.15) is 0 Å². The van der Waals surface area contributed by atoms with Crippen LogP contribution in [0.4, 0.5) is 0 Å². The van der Waals surface area contributed by atoms with Crippen molar-refractivity contribution in [2.45, 2.75) is 30.7 Å². The molecule has 4 N–H and O–H groups in total. The fourth-order valence-corrected chi connectivity index (χ4v) is 1.72. The summed E-state index contributed by atoms with van der Waals surface area (Å²) < 4.78 is 10.5. The molecule has 6 nitrogen and oxygen atoms in total. The summed E-state index contributed by atoms with van der Waals surface area (Å²) in [4.78, 5) is 0. The van der Waals surface area contributed by atoms with Gasteiger partial charge in [0.1, 0.15) is 30.2 Å². The average Bonchev–Trinajstić information content (AvgIpc) is 2.48. The standard InChI is InChI=1S/C12H16O6/c13-8-6-17-12(11(16)10(15)9(8)14)18-7-4-2-1-3-5-7/h1-5,8-16H,6H2/t8-,9+,10-,11+,12-/m1/s1. The van der Waals surface area contributed by atoms with Gasteiger partial charge in [0.15, 0.2) is 0 Å².